The van der Waals surface area contributed by atoms with Crippen LogP contribution in [-0.2, 0) is 15.9 Å². The van der Waals surface area contributed by atoms with E-state index in [0.29, 0.717) is 47.9 Å². The molecule has 2 aromatic carbocycles. The Morgan fingerprint density at radius 2 is 1.84 bits per heavy atom. The van der Waals surface area contributed by atoms with E-state index in [9.17, 15) is 15.5 Å². The molecule has 8 nitrogen and oxygen atoms in total. The van der Waals surface area contributed by atoms with Gasteiger partial charge in [0.05, 0.1) is 56.0 Å². The van der Waals surface area contributed by atoms with E-state index in [-0.39, 0.29) is 5.92 Å². The van der Waals surface area contributed by atoms with Gasteiger partial charge in [-0.25, -0.2) is 0 Å². The summed E-state index contributed by atoms with van der Waals surface area (Å²) < 4.78 is 18.0. The van der Waals surface area contributed by atoms with Gasteiger partial charge < -0.3 is 24.4 Å². The molecule has 0 amide bonds. The number of aliphatic hydroxyl groups is 2. The lowest BCUT2D eigenvalue weighted by Gasteiger charge is -2.41. The van der Waals surface area contributed by atoms with Crippen LogP contribution in [-0.4, -0.2) is 66.2 Å². The first-order chi connectivity index (χ1) is 18.0. The zero-order valence-corrected chi connectivity index (χ0v) is 20.6. The van der Waals surface area contributed by atoms with Gasteiger partial charge in [-0.3, -0.25) is 9.88 Å². The summed E-state index contributed by atoms with van der Waals surface area (Å²) in [7, 11) is 1.52. The highest BCUT2D eigenvalue weighted by Crippen LogP contribution is 2.69. The van der Waals surface area contributed by atoms with E-state index in [2.05, 4.69) is 16.0 Å². The van der Waals surface area contributed by atoms with Crippen LogP contribution in [0.2, 0.25) is 0 Å². The second-order valence-corrected chi connectivity index (χ2v) is 9.92. The van der Waals surface area contributed by atoms with Gasteiger partial charge in [-0.1, -0.05) is 42.5 Å². The highest BCUT2D eigenvalue weighted by Gasteiger charge is 2.76. The Kier molecular flexibility index (Phi) is 5.89. The summed E-state index contributed by atoms with van der Waals surface area (Å²) >= 11 is 0. The zero-order chi connectivity index (χ0) is 25.6. The molecule has 1 aromatic heterocycles. The van der Waals surface area contributed by atoms with Crippen molar-refractivity contribution in [2.75, 3.05) is 40.0 Å². The van der Waals surface area contributed by atoms with Gasteiger partial charge in [-0.05, 0) is 23.3 Å². The molecule has 1 saturated carbocycles. The van der Waals surface area contributed by atoms with E-state index < -0.39 is 23.2 Å². The summed E-state index contributed by atoms with van der Waals surface area (Å²) in [5, 5.41) is 34.4. The maximum atomic E-state index is 12.8. The standard InChI is InChI=1S/C29H29N3O5/c1-35-23-16-31-17-24-26(23)28(34)27(33)22(18-32-11-13-36-14-12-32)25(20-5-3-2-4-6-20)29(28,37-24)21-9-7-19(15-30)8-10-21/h2-10,16-17,22,25,27,33-34H,11-14,18H2,1H3/t22-,25-,27-,28+,29+/m1/s1. The number of aliphatic hydroxyl groups excluding tert-OH is 1. The highest BCUT2D eigenvalue weighted by molar-refractivity contribution is 5.59. The molecular formula is C29H29N3O5. The van der Waals surface area contributed by atoms with Gasteiger partial charge >= 0.3 is 0 Å². The number of aromatic nitrogens is 1. The summed E-state index contributed by atoms with van der Waals surface area (Å²) in [5.41, 5.74) is -0.727. The third-order valence-electron chi connectivity index (χ3n) is 8.19. The van der Waals surface area contributed by atoms with Crippen LogP contribution >= 0.6 is 0 Å². The molecule has 37 heavy (non-hydrogen) atoms. The SMILES string of the molecule is COc1cncc2c1[C@]1(O)[C@H](O)[C@H](CN3CCOCC3)[C@@H](c3ccccc3)[C@]1(c1ccc(C#N)cc1)O2. The predicted molar refractivity (Wildman–Crippen MR) is 134 cm³/mol. The number of morpholine rings is 1. The molecule has 0 radical (unpaired) electrons. The summed E-state index contributed by atoms with van der Waals surface area (Å²) in [6.07, 6.45) is 1.91. The number of nitrogens with zero attached hydrogens (tertiary/aromatic N) is 3. The van der Waals surface area contributed by atoms with Gasteiger partial charge in [0.15, 0.2) is 11.2 Å². The van der Waals surface area contributed by atoms with E-state index in [0.717, 1.165) is 18.7 Å². The van der Waals surface area contributed by atoms with Crippen LogP contribution in [0.15, 0.2) is 67.0 Å². The van der Waals surface area contributed by atoms with E-state index >= 15 is 0 Å². The number of nitriles is 1. The minimum Gasteiger partial charge on any atom is -0.495 e. The minimum atomic E-state index is -1.85. The van der Waals surface area contributed by atoms with Gasteiger partial charge in [0.1, 0.15) is 11.5 Å². The van der Waals surface area contributed by atoms with Crippen molar-refractivity contribution in [1.29, 1.82) is 5.26 Å². The van der Waals surface area contributed by atoms with Gasteiger partial charge in [-0.2, -0.15) is 5.26 Å². The molecule has 0 bridgehead atoms. The number of hydrogen-bond donors (Lipinski definition) is 2. The highest BCUT2D eigenvalue weighted by atomic mass is 16.5. The topological polar surface area (TPSA) is 108 Å². The molecular weight excluding hydrogens is 470 g/mol. The van der Waals surface area contributed by atoms with E-state index in [1.165, 1.54) is 13.3 Å². The fourth-order valence-corrected chi connectivity index (χ4v) is 6.61. The van der Waals surface area contributed by atoms with Gasteiger partial charge in [0, 0.05) is 31.5 Å². The van der Waals surface area contributed by atoms with Crippen molar-refractivity contribution >= 4 is 0 Å². The molecule has 1 saturated heterocycles. The van der Waals surface area contributed by atoms with Crippen molar-refractivity contribution in [3.8, 4) is 17.6 Å². The largest absolute Gasteiger partial charge is 0.495 e. The molecule has 2 aliphatic heterocycles. The first-order valence-corrected chi connectivity index (χ1v) is 12.5. The Labute approximate surface area is 215 Å². The Morgan fingerprint density at radius 1 is 1.11 bits per heavy atom. The van der Waals surface area contributed by atoms with Crippen LogP contribution in [0.25, 0.3) is 0 Å². The first-order valence-electron chi connectivity index (χ1n) is 12.5. The quantitative estimate of drug-likeness (QED) is 0.552. The molecule has 8 heteroatoms. The molecule has 3 aliphatic rings. The number of ether oxygens (including phenoxy) is 3. The maximum absolute atomic E-state index is 12.8. The fourth-order valence-electron chi connectivity index (χ4n) is 6.61. The molecule has 0 spiro atoms. The van der Waals surface area contributed by atoms with Crippen molar-refractivity contribution in [2.24, 2.45) is 5.92 Å². The minimum absolute atomic E-state index is 0.355. The Bertz CT molecular complexity index is 1320. The van der Waals surface area contributed by atoms with Crippen molar-refractivity contribution < 1.29 is 24.4 Å². The molecule has 2 fully saturated rings. The lowest BCUT2D eigenvalue weighted by Crippen LogP contribution is -2.52. The Balaban J connectivity index is 1.61. The lowest BCUT2D eigenvalue weighted by atomic mass is 9.70. The molecule has 3 aromatic rings. The molecule has 0 unspecified atom stereocenters. The van der Waals surface area contributed by atoms with Gasteiger partial charge in [-0.15, -0.1) is 0 Å². The fraction of sp³-hybridized carbons (Fsp3) is 0.379. The van der Waals surface area contributed by atoms with Gasteiger partial charge in [0.2, 0.25) is 0 Å². The van der Waals surface area contributed by atoms with Crippen LogP contribution in [0.4, 0.5) is 0 Å². The number of benzene rings is 2. The molecule has 190 valence electrons. The molecule has 1 aliphatic carbocycles. The van der Waals surface area contributed by atoms with E-state index in [1.807, 2.05) is 42.5 Å². The number of pyridine rings is 1. The third-order valence-corrected chi connectivity index (χ3v) is 8.19. The molecule has 6 rings (SSSR count). The van der Waals surface area contributed by atoms with Crippen LogP contribution < -0.4 is 9.47 Å². The van der Waals surface area contributed by atoms with E-state index in [4.69, 9.17) is 14.2 Å². The predicted octanol–water partition coefficient (Wildman–Crippen LogP) is 2.54. The average molecular weight is 500 g/mol. The molecule has 2 N–H and O–H groups in total. The van der Waals surface area contributed by atoms with Crippen LogP contribution in [0.3, 0.4) is 0 Å². The zero-order valence-electron chi connectivity index (χ0n) is 20.6. The number of hydrogen-bond acceptors (Lipinski definition) is 8. The third kappa shape index (κ3) is 3.39. The summed E-state index contributed by atoms with van der Waals surface area (Å²) in [6, 6.07) is 19.1. The number of fused-ring (bicyclic) bond motifs is 3. The molecule has 5 atom stereocenters. The second kappa shape index (κ2) is 9.12. The van der Waals surface area contributed by atoms with Crippen LogP contribution in [0.5, 0.6) is 11.5 Å². The maximum Gasteiger partial charge on any atom is 0.177 e. The van der Waals surface area contributed by atoms with Crippen LogP contribution in [0.1, 0.15) is 28.2 Å². The summed E-state index contributed by atoms with van der Waals surface area (Å²) in [6.45, 7) is 3.30. The Morgan fingerprint density at radius 3 is 2.51 bits per heavy atom. The van der Waals surface area contributed by atoms with Crippen molar-refractivity contribution in [3.63, 3.8) is 0 Å². The number of methoxy groups -OCH3 is 1. The number of rotatable bonds is 5. The summed E-state index contributed by atoms with van der Waals surface area (Å²) in [4.78, 5) is 6.54. The monoisotopic (exact) mass is 499 g/mol. The molecule has 3 heterocycles. The normalized spacial score (nSPS) is 30.7. The van der Waals surface area contributed by atoms with Crippen molar-refractivity contribution in [1.82, 2.24) is 9.88 Å². The van der Waals surface area contributed by atoms with Gasteiger partial charge in [0.25, 0.3) is 0 Å². The smallest absolute Gasteiger partial charge is 0.177 e. The first kappa shape index (κ1) is 23.9. The Hall–Kier alpha value is -3.48. The second-order valence-electron chi connectivity index (χ2n) is 9.92. The van der Waals surface area contributed by atoms with E-state index in [1.54, 1.807) is 18.3 Å². The summed E-state index contributed by atoms with van der Waals surface area (Å²) in [5.74, 6) is -0.0850. The average Bonchev–Trinajstić information content (AvgIpc) is 3.32. The lowest BCUT2D eigenvalue weighted by molar-refractivity contribution is -0.152. The van der Waals surface area contributed by atoms with Crippen molar-refractivity contribution in [2.45, 2.75) is 23.2 Å². The van der Waals surface area contributed by atoms with Crippen molar-refractivity contribution in [3.05, 3.63) is 89.2 Å². The van der Waals surface area contributed by atoms with Crippen LogP contribution in [0, 0.1) is 17.2 Å².